The zero-order valence-corrected chi connectivity index (χ0v) is 22.0. The molecule has 0 heterocycles. The molecule has 1 aliphatic carbocycles. The van der Waals surface area contributed by atoms with E-state index in [9.17, 15) is 5.11 Å². The van der Waals surface area contributed by atoms with Crippen LogP contribution in [0.3, 0.4) is 0 Å². The van der Waals surface area contributed by atoms with Crippen molar-refractivity contribution in [2.45, 2.75) is 70.3 Å². The van der Waals surface area contributed by atoms with Gasteiger partial charge in [-0.2, -0.15) is 0 Å². The van der Waals surface area contributed by atoms with E-state index < -0.39 is 22.0 Å². The monoisotopic (exact) mass is 450 g/mol. The Morgan fingerprint density at radius 3 is 1.84 bits per heavy atom. The maximum Gasteiger partial charge on any atom is 0.261 e. The third-order valence-corrected chi connectivity index (χ3v) is 12.1. The molecule has 0 saturated heterocycles. The second kappa shape index (κ2) is 9.07. The van der Waals surface area contributed by atoms with Crippen molar-refractivity contribution < 1.29 is 9.53 Å². The highest BCUT2D eigenvalue weighted by atomic mass is 28.4. The molecule has 4 heteroatoms. The fourth-order valence-corrected chi connectivity index (χ4v) is 10.0. The quantitative estimate of drug-likeness (QED) is 0.497. The highest BCUT2D eigenvalue weighted by Crippen LogP contribution is 2.42. The molecule has 0 aromatic heterocycles. The van der Waals surface area contributed by atoms with Crippen LogP contribution in [0.25, 0.3) is 0 Å². The van der Waals surface area contributed by atoms with Crippen LogP contribution in [0.5, 0.6) is 0 Å². The summed E-state index contributed by atoms with van der Waals surface area (Å²) in [6, 6.07) is 21.5. The lowest BCUT2D eigenvalue weighted by atomic mass is 9.70. The van der Waals surface area contributed by atoms with Crippen molar-refractivity contribution in [3.8, 4) is 11.5 Å². The smallest absolute Gasteiger partial charge is 0.261 e. The minimum absolute atomic E-state index is 0.0153. The summed E-state index contributed by atoms with van der Waals surface area (Å²) < 4.78 is 7.02. The number of hydrogen-bond donors (Lipinski definition) is 1. The van der Waals surface area contributed by atoms with Gasteiger partial charge in [0.25, 0.3) is 8.32 Å². The average molecular weight is 451 g/mol. The van der Waals surface area contributed by atoms with Gasteiger partial charge in [0.2, 0.25) is 0 Å². The Labute approximate surface area is 191 Å². The maximum atomic E-state index is 10.9. The van der Waals surface area contributed by atoms with Gasteiger partial charge in [0.1, 0.15) is 8.07 Å². The standard InChI is InChI=1S/C27H38O2Si2/c1-26(2,3)31(24-14-9-7-10-15-24,25-16-11-8-12-17-25)29-22-23-20-27(28,21-23)18-13-19-30(4,5)6/h7-12,14-17,23,28H,18,20-22H2,1-6H3/t23-,27+. The van der Waals surface area contributed by atoms with Crippen LogP contribution in [0.1, 0.15) is 40.0 Å². The zero-order valence-electron chi connectivity index (χ0n) is 20.0. The van der Waals surface area contributed by atoms with Crippen molar-refractivity contribution >= 4 is 26.8 Å². The minimum Gasteiger partial charge on any atom is -0.407 e. The highest BCUT2D eigenvalue weighted by molar-refractivity contribution is 6.99. The largest absolute Gasteiger partial charge is 0.407 e. The molecule has 0 amide bonds. The summed E-state index contributed by atoms with van der Waals surface area (Å²) in [6.07, 6.45) is 2.16. The van der Waals surface area contributed by atoms with Gasteiger partial charge in [-0.15, -0.1) is 11.5 Å². The van der Waals surface area contributed by atoms with E-state index in [1.54, 1.807) is 0 Å². The van der Waals surface area contributed by atoms with Gasteiger partial charge in [-0.1, -0.05) is 101 Å². The topological polar surface area (TPSA) is 29.5 Å². The molecule has 1 aliphatic rings. The van der Waals surface area contributed by atoms with E-state index >= 15 is 0 Å². The Morgan fingerprint density at radius 2 is 1.42 bits per heavy atom. The van der Waals surface area contributed by atoms with E-state index in [-0.39, 0.29) is 5.04 Å². The molecule has 1 N–H and O–H groups in total. The zero-order chi connectivity index (χ0) is 22.8. The maximum absolute atomic E-state index is 10.9. The summed E-state index contributed by atoms with van der Waals surface area (Å²) in [5, 5.41) is 13.5. The van der Waals surface area contributed by atoms with Crippen LogP contribution in [0.15, 0.2) is 60.7 Å². The van der Waals surface area contributed by atoms with Gasteiger partial charge in [0.05, 0.1) is 5.60 Å². The summed E-state index contributed by atoms with van der Waals surface area (Å²) in [6.45, 7) is 14.3. The van der Waals surface area contributed by atoms with E-state index in [4.69, 9.17) is 4.43 Å². The van der Waals surface area contributed by atoms with Crippen LogP contribution in [0.4, 0.5) is 0 Å². The Balaban J connectivity index is 1.79. The molecule has 0 unspecified atom stereocenters. The normalized spacial score (nSPS) is 21.7. The molecule has 166 valence electrons. The highest BCUT2D eigenvalue weighted by Gasteiger charge is 2.51. The summed E-state index contributed by atoms with van der Waals surface area (Å²) in [5.74, 6) is 3.66. The molecule has 1 saturated carbocycles. The molecular formula is C27H38O2Si2. The SMILES string of the molecule is CC(C)(C)[Si](OC[C@H]1C[C@](O)(CC#C[Si](C)(C)C)C1)(c1ccccc1)c1ccccc1. The van der Waals surface area contributed by atoms with E-state index in [1.165, 1.54) is 10.4 Å². The molecule has 0 bridgehead atoms. The molecular weight excluding hydrogens is 412 g/mol. The first kappa shape index (κ1) is 24.0. The van der Waals surface area contributed by atoms with Crippen LogP contribution < -0.4 is 10.4 Å². The first-order chi connectivity index (χ1) is 14.5. The van der Waals surface area contributed by atoms with Gasteiger partial charge < -0.3 is 9.53 Å². The van der Waals surface area contributed by atoms with Crippen LogP contribution in [0, 0.1) is 17.4 Å². The fourth-order valence-electron chi connectivity index (χ4n) is 4.76. The lowest BCUT2D eigenvalue weighted by Crippen LogP contribution is -2.67. The van der Waals surface area contributed by atoms with Gasteiger partial charge in [0.15, 0.2) is 0 Å². The molecule has 0 aliphatic heterocycles. The lowest BCUT2D eigenvalue weighted by molar-refractivity contribution is -0.0809. The van der Waals surface area contributed by atoms with Gasteiger partial charge in [0, 0.05) is 13.0 Å². The number of rotatable bonds is 6. The first-order valence-electron chi connectivity index (χ1n) is 11.4. The van der Waals surface area contributed by atoms with Crippen LogP contribution in [-0.2, 0) is 4.43 Å². The molecule has 1 fully saturated rings. The van der Waals surface area contributed by atoms with E-state index in [0.29, 0.717) is 18.9 Å². The van der Waals surface area contributed by atoms with Crippen molar-refractivity contribution in [1.82, 2.24) is 0 Å². The third-order valence-electron chi connectivity index (χ3n) is 6.17. The predicted molar refractivity (Wildman–Crippen MR) is 137 cm³/mol. The number of hydrogen-bond acceptors (Lipinski definition) is 2. The molecule has 2 aromatic carbocycles. The van der Waals surface area contributed by atoms with Gasteiger partial charge in [-0.05, 0) is 34.2 Å². The van der Waals surface area contributed by atoms with Gasteiger partial charge in [-0.25, -0.2) is 0 Å². The third kappa shape index (κ3) is 5.59. The number of benzene rings is 2. The Hall–Kier alpha value is -1.65. The van der Waals surface area contributed by atoms with Crippen molar-refractivity contribution in [1.29, 1.82) is 0 Å². The predicted octanol–water partition coefficient (Wildman–Crippen LogP) is 4.98. The van der Waals surface area contributed by atoms with E-state index in [0.717, 1.165) is 12.8 Å². The summed E-state index contributed by atoms with van der Waals surface area (Å²) in [4.78, 5) is 0. The minimum atomic E-state index is -2.50. The van der Waals surface area contributed by atoms with Crippen LogP contribution in [-0.4, -0.2) is 33.7 Å². The van der Waals surface area contributed by atoms with Crippen molar-refractivity contribution in [2.75, 3.05) is 6.61 Å². The molecule has 2 nitrogen and oxygen atoms in total. The molecule has 0 atom stereocenters. The van der Waals surface area contributed by atoms with Crippen molar-refractivity contribution in [3.63, 3.8) is 0 Å². The first-order valence-corrected chi connectivity index (χ1v) is 16.8. The van der Waals surface area contributed by atoms with Crippen molar-refractivity contribution in [3.05, 3.63) is 60.7 Å². The molecule has 2 aromatic rings. The Kier molecular flexibility index (Phi) is 7.03. The fraction of sp³-hybridized carbons (Fsp3) is 0.481. The number of aliphatic hydroxyl groups is 1. The Bertz CT molecular complexity index is 869. The van der Waals surface area contributed by atoms with Crippen LogP contribution >= 0.6 is 0 Å². The molecule has 0 spiro atoms. The summed E-state index contributed by atoms with van der Waals surface area (Å²) in [5.41, 5.74) is 2.75. The Morgan fingerprint density at radius 1 is 0.935 bits per heavy atom. The lowest BCUT2D eigenvalue weighted by Gasteiger charge is -2.47. The summed E-state index contributed by atoms with van der Waals surface area (Å²) in [7, 11) is -3.89. The van der Waals surface area contributed by atoms with Crippen LogP contribution in [0.2, 0.25) is 24.7 Å². The van der Waals surface area contributed by atoms with Gasteiger partial charge >= 0.3 is 0 Å². The second-order valence-electron chi connectivity index (χ2n) is 11.2. The molecule has 3 rings (SSSR count). The molecule has 31 heavy (non-hydrogen) atoms. The van der Waals surface area contributed by atoms with Gasteiger partial charge in [-0.3, -0.25) is 0 Å². The van der Waals surface area contributed by atoms with E-state index in [1.807, 2.05) is 0 Å². The van der Waals surface area contributed by atoms with Crippen molar-refractivity contribution in [2.24, 2.45) is 5.92 Å². The average Bonchev–Trinajstić information content (AvgIpc) is 2.66. The second-order valence-corrected chi connectivity index (χ2v) is 20.3. The summed E-state index contributed by atoms with van der Waals surface area (Å²) >= 11 is 0. The molecule has 0 radical (unpaired) electrons. The van der Waals surface area contributed by atoms with E-state index in [2.05, 4.69) is 113 Å².